The van der Waals surface area contributed by atoms with Gasteiger partial charge in [0.05, 0.1) is 10.6 Å². The Labute approximate surface area is 161 Å². The molecule has 0 radical (unpaired) electrons. The van der Waals surface area contributed by atoms with Crippen molar-refractivity contribution in [1.29, 1.82) is 0 Å². The molecule has 0 saturated heterocycles. The average Bonchev–Trinajstić information content (AvgIpc) is 2.59. The minimum atomic E-state index is -3.39. The van der Waals surface area contributed by atoms with Crippen LogP contribution in [0.25, 0.3) is 0 Å². The Balaban J connectivity index is 0.00000338. The second kappa shape index (κ2) is 10.3. The van der Waals surface area contributed by atoms with Gasteiger partial charge in [0.15, 0.2) is 9.84 Å². The molecule has 0 aliphatic heterocycles. The zero-order chi connectivity index (χ0) is 18.3. The van der Waals surface area contributed by atoms with Crippen molar-refractivity contribution in [2.24, 2.45) is 0 Å². The summed E-state index contributed by atoms with van der Waals surface area (Å²) in [6.45, 7) is 6.05. The van der Waals surface area contributed by atoms with Crippen LogP contribution >= 0.6 is 12.4 Å². The molecule has 0 atom stereocenters. The monoisotopic (exact) mass is 396 g/mol. The van der Waals surface area contributed by atoms with Crippen LogP contribution in [-0.4, -0.2) is 34.0 Å². The molecule has 2 N–H and O–H groups in total. The van der Waals surface area contributed by atoms with Gasteiger partial charge in [0.1, 0.15) is 0 Å². The van der Waals surface area contributed by atoms with Gasteiger partial charge in [0, 0.05) is 18.7 Å². The smallest absolute Gasteiger partial charge is 0.251 e. The standard InChI is InChI=1S/C19H24N2O3S.ClH/c1-3-20-12-13-21-19(22)17-8-6-16(7-9-17)14-25(23,24)18-10-4-15(2)5-11-18;/h4-11,20H,3,12-14H2,1-2H3,(H,21,22);1H. The van der Waals surface area contributed by atoms with Crippen molar-refractivity contribution in [3.05, 3.63) is 65.2 Å². The number of sulfone groups is 1. The van der Waals surface area contributed by atoms with E-state index in [2.05, 4.69) is 10.6 Å². The number of carbonyl (C=O) groups is 1. The molecule has 0 bridgehead atoms. The summed E-state index contributed by atoms with van der Waals surface area (Å²) in [5.74, 6) is -0.246. The topological polar surface area (TPSA) is 75.3 Å². The van der Waals surface area contributed by atoms with Gasteiger partial charge in [-0.1, -0.05) is 36.8 Å². The minimum Gasteiger partial charge on any atom is -0.351 e. The molecule has 1 amide bonds. The highest BCUT2D eigenvalue weighted by molar-refractivity contribution is 7.90. The van der Waals surface area contributed by atoms with E-state index in [1.807, 2.05) is 13.8 Å². The Kier molecular flexibility index (Phi) is 8.78. The summed E-state index contributed by atoms with van der Waals surface area (Å²) in [7, 11) is -3.39. The van der Waals surface area contributed by atoms with Crippen LogP contribution in [0, 0.1) is 6.92 Å². The molecule has 7 heteroatoms. The fourth-order valence-electron chi connectivity index (χ4n) is 2.34. The number of likely N-dealkylation sites (N-methyl/N-ethyl adjacent to an activating group) is 1. The minimum absolute atomic E-state index is 0. The molecule has 0 aliphatic carbocycles. The van der Waals surface area contributed by atoms with Gasteiger partial charge in [-0.3, -0.25) is 4.79 Å². The van der Waals surface area contributed by atoms with Crippen molar-refractivity contribution >= 4 is 28.2 Å². The fourth-order valence-corrected chi connectivity index (χ4v) is 3.69. The molecule has 2 rings (SSSR count). The summed E-state index contributed by atoms with van der Waals surface area (Å²) < 4.78 is 24.9. The molecule has 0 aromatic heterocycles. The molecular weight excluding hydrogens is 372 g/mol. The SMILES string of the molecule is CCNCCNC(=O)c1ccc(CS(=O)(=O)c2ccc(C)cc2)cc1.Cl. The summed E-state index contributed by atoms with van der Waals surface area (Å²) >= 11 is 0. The number of carbonyl (C=O) groups excluding carboxylic acids is 1. The summed E-state index contributed by atoms with van der Waals surface area (Å²) in [5.41, 5.74) is 2.20. The first-order valence-electron chi connectivity index (χ1n) is 8.29. The fraction of sp³-hybridized carbons (Fsp3) is 0.316. The zero-order valence-electron chi connectivity index (χ0n) is 15.0. The number of hydrogen-bond acceptors (Lipinski definition) is 4. The third-order valence-corrected chi connectivity index (χ3v) is 5.49. The van der Waals surface area contributed by atoms with E-state index in [4.69, 9.17) is 0 Å². The van der Waals surface area contributed by atoms with Gasteiger partial charge < -0.3 is 10.6 Å². The van der Waals surface area contributed by atoms with Crippen LogP contribution < -0.4 is 10.6 Å². The lowest BCUT2D eigenvalue weighted by atomic mass is 10.1. The van der Waals surface area contributed by atoms with Gasteiger partial charge in [0.2, 0.25) is 0 Å². The van der Waals surface area contributed by atoms with Crippen LogP contribution in [0.5, 0.6) is 0 Å². The lowest BCUT2D eigenvalue weighted by Crippen LogP contribution is -2.31. The van der Waals surface area contributed by atoms with Gasteiger partial charge >= 0.3 is 0 Å². The highest BCUT2D eigenvalue weighted by Gasteiger charge is 2.15. The first-order chi connectivity index (χ1) is 11.9. The Morgan fingerprint density at radius 3 is 2.15 bits per heavy atom. The number of halogens is 1. The van der Waals surface area contributed by atoms with Crippen molar-refractivity contribution in [2.45, 2.75) is 24.5 Å². The van der Waals surface area contributed by atoms with Crippen LogP contribution in [0.15, 0.2) is 53.4 Å². The lowest BCUT2D eigenvalue weighted by Gasteiger charge is -2.08. The number of aryl methyl sites for hydroxylation is 1. The highest BCUT2D eigenvalue weighted by Crippen LogP contribution is 2.17. The van der Waals surface area contributed by atoms with Gasteiger partial charge in [-0.2, -0.15) is 0 Å². The van der Waals surface area contributed by atoms with E-state index < -0.39 is 9.84 Å². The summed E-state index contributed by atoms with van der Waals surface area (Å²) in [5, 5.41) is 5.94. The van der Waals surface area contributed by atoms with Gasteiger partial charge in [-0.25, -0.2) is 8.42 Å². The molecule has 0 saturated carbocycles. The molecule has 0 spiro atoms. The first-order valence-corrected chi connectivity index (χ1v) is 9.95. The van der Waals surface area contributed by atoms with E-state index in [1.54, 1.807) is 48.5 Å². The summed E-state index contributed by atoms with van der Waals surface area (Å²) in [6.07, 6.45) is 0. The second-order valence-corrected chi connectivity index (χ2v) is 7.87. The van der Waals surface area contributed by atoms with Crippen LogP contribution in [-0.2, 0) is 15.6 Å². The van der Waals surface area contributed by atoms with Gasteiger partial charge in [0.25, 0.3) is 5.91 Å². The van der Waals surface area contributed by atoms with E-state index in [0.29, 0.717) is 22.6 Å². The predicted molar refractivity (Wildman–Crippen MR) is 107 cm³/mol. The summed E-state index contributed by atoms with van der Waals surface area (Å²) in [4.78, 5) is 12.3. The Bertz CT molecular complexity index is 804. The van der Waals surface area contributed by atoms with Crippen molar-refractivity contribution in [2.75, 3.05) is 19.6 Å². The number of amides is 1. The first kappa shape index (κ1) is 22.2. The number of nitrogens with one attached hydrogen (secondary N) is 2. The average molecular weight is 397 g/mol. The third-order valence-electron chi connectivity index (χ3n) is 3.79. The van der Waals surface area contributed by atoms with Crippen molar-refractivity contribution in [3.8, 4) is 0 Å². The second-order valence-electron chi connectivity index (χ2n) is 5.88. The Morgan fingerprint density at radius 1 is 0.962 bits per heavy atom. The number of hydrogen-bond donors (Lipinski definition) is 2. The highest BCUT2D eigenvalue weighted by atomic mass is 35.5. The van der Waals surface area contributed by atoms with E-state index in [-0.39, 0.29) is 24.1 Å². The van der Waals surface area contributed by atoms with Crippen LogP contribution in [0.4, 0.5) is 0 Å². The molecule has 0 aliphatic rings. The van der Waals surface area contributed by atoms with Crippen molar-refractivity contribution < 1.29 is 13.2 Å². The maximum atomic E-state index is 12.4. The molecule has 5 nitrogen and oxygen atoms in total. The van der Waals surface area contributed by atoms with E-state index >= 15 is 0 Å². The molecular formula is C19H25ClN2O3S. The van der Waals surface area contributed by atoms with Gasteiger partial charge in [-0.15, -0.1) is 12.4 Å². The van der Waals surface area contributed by atoms with E-state index in [1.165, 1.54) is 0 Å². The molecule has 26 heavy (non-hydrogen) atoms. The number of benzene rings is 2. The third kappa shape index (κ3) is 6.44. The van der Waals surface area contributed by atoms with Crippen molar-refractivity contribution in [1.82, 2.24) is 10.6 Å². The van der Waals surface area contributed by atoms with E-state index in [0.717, 1.165) is 18.7 Å². The lowest BCUT2D eigenvalue weighted by molar-refractivity contribution is 0.0954. The molecule has 2 aromatic rings. The van der Waals surface area contributed by atoms with Crippen LogP contribution in [0.2, 0.25) is 0 Å². The molecule has 0 fully saturated rings. The van der Waals surface area contributed by atoms with Crippen LogP contribution in [0.3, 0.4) is 0 Å². The molecule has 0 heterocycles. The predicted octanol–water partition coefficient (Wildman–Crippen LogP) is 2.73. The molecule has 142 valence electrons. The summed E-state index contributed by atoms with van der Waals surface area (Å²) in [6, 6.07) is 13.5. The largest absolute Gasteiger partial charge is 0.351 e. The zero-order valence-corrected chi connectivity index (χ0v) is 16.6. The molecule has 2 aromatic carbocycles. The maximum absolute atomic E-state index is 12.4. The van der Waals surface area contributed by atoms with Gasteiger partial charge in [-0.05, 0) is 43.3 Å². The van der Waals surface area contributed by atoms with E-state index in [9.17, 15) is 13.2 Å². The number of rotatable bonds is 8. The quantitative estimate of drug-likeness (QED) is 0.673. The van der Waals surface area contributed by atoms with Crippen molar-refractivity contribution in [3.63, 3.8) is 0 Å². The Hall–Kier alpha value is -1.89. The Morgan fingerprint density at radius 2 is 1.58 bits per heavy atom. The van der Waals surface area contributed by atoms with Crippen LogP contribution in [0.1, 0.15) is 28.4 Å². The molecule has 0 unspecified atom stereocenters. The normalized spacial score (nSPS) is 10.8. The maximum Gasteiger partial charge on any atom is 0.251 e.